The van der Waals surface area contributed by atoms with Gasteiger partial charge >= 0.3 is 0 Å². The van der Waals surface area contributed by atoms with Crippen molar-refractivity contribution >= 4 is 11.6 Å². The molecule has 1 aromatic carbocycles. The molecule has 19 heavy (non-hydrogen) atoms. The second kappa shape index (κ2) is 6.49. The lowest BCUT2D eigenvalue weighted by molar-refractivity contribution is -0.118. The predicted molar refractivity (Wildman–Crippen MR) is 71.8 cm³/mol. The number of benzene rings is 1. The monoisotopic (exact) mass is 260 g/mol. The number of nitrogens with two attached hydrogens (primary N) is 1. The van der Waals surface area contributed by atoms with Crippen molar-refractivity contribution in [2.45, 2.75) is 13.0 Å². The van der Waals surface area contributed by atoms with Crippen LogP contribution < -0.4 is 15.8 Å². The highest BCUT2D eigenvalue weighted by atomic mass is 16.5. The molecule has 0 radical (unpaired) electrons. The molecule has 1 heterocycles. The molecule has 0 aliphatic carbocycles. The van der Waals surface area contributed by atoms with Crippen LogP contribution in [-0.4, -0.2) is 12.5 Å². The molecule has 1 amide bonds. The summed E-state index contributed by atoms with van der Waals surface area (Å²) in [6, 6.07) is 9.44. The third kappa shape index (κ3) is 4.39. The Morgan fingerprint density at radius 2 is 2.05 bits per heavy atom. The molecule has 0 atom stereocenters. The number of furan rings is 1. The number of primary amides is 1. The molecule has 0 fully saturated rings. The van der Waals surface area contributed by atoms with Crippen LogP contribution in [0.5, 0.6) is 5.75 Å². The summed E-state index contributed by atoms with van der Waals surface area (Å²) in [5.41, 5.74) is 7.10. The van der Waals surface area contributed by atoms with E-state index in [1.165, 1.54) is 0 Å². The third-order valence-corrected chi connectivity index (χ3v) is 2.55. The van der Waals surface area contributed by atoms with E-state index >= 15 is 0 Å². The largest absolute Gasteiger partial charge is 0.493 e. The lowest BCUT2D eigenvalue weighted by atomic mass is 10.3. The predicted octanol–water partition coefficient (Wildman–Crippen LogP) is 2.15. The highest BCUT2D eigenvalue weighted by molar-refractivity contribution is 5.73. The number of carbonyl (C=O) groups excluding carboxylic acids is 1. The van der Waals surface area contributed by atoms with Crippen molar-refractivity contribution in [3.05, 3.63) is 48.4 Å². The van der Waals surface area contributed by atoms with E-state index in [4.69, 9.17) is 14.9 Å². The molecule has 1 aromatic heterocycles. The van der Waals surface area contributed by atoms with Crippen LogP contribution in [0.3, 0.4) is 0 Å². The van der Waals surface area contributed by atoms with Gasteiger partial charge in [-0.1, -0.05) is 0 Å². The smallest absolute Gasteiger partial charge is 0.220 e. The summed E-state index contributed by atoms with van der Waals surface area (Å²) in [5.74, 6) is 0.355. The van der Waals surface area contributed by atoms with Crippen LogP contribution >= 0.6 is 0 Å². The average Bonchev–Trinajstić information content (AvgIpc) is 2.90. The summed E-state index contributed by atoms with van der Waals surface area (Å²) in [5, 5.41) is 3.26. The van der Waals surface area contributed by atoms with Gasteiger partial charge in [0.15, 0.2) is 0 Å². The quantitative estimate of drug-likeness (QED) is 0.799. The van der Waals surface area contributed by atoms with Crippen LogP contribution in [0.15, 0.2) is 47.3 Å². The zero-order chi connectivity index (χ0) is 13.5. The first-order chi connectivity index (χ1) is 9.24. The maximum Gasteiger partial charge on any atom is 0.220 e. The highest BCUT2D eigenvalue weighted by Gasteiger charge is 1.98. The molecule has 0 saturated heterocycles. The zero-order valence-corrected chi connectivity index (χ0v) is 10.5. The van der Waals surface area contributed by atoms with Gasteiger partial charge in [0.2, 0.25) is 5.91 Å². The number of nitrogens with one attached hydrogen (secondary N) is 1. The molecule has 0 aliphatic heterocycles. The molecule has 0 spiro atoms. The van der Waals surface area contributed by atoms with Gasteiger partial charge in [0.05, 0.1) is 25.6 Å². The van der Waals surface area contributed by atoms with Crippen molar-refractivity contribution in [2.75, 3.05) is 11.9 Å². The number of carbonyl (C=O) groups is 1. The normalized spacial score (nSPS) is 10.1. The second-order valence-electron chi connectivity index (χ2n) is 4.07. The lowest BCUT2D eigenvalue weighted by Crippen LogP contribution is -2.14. The van der Waals surface area contributed by atoms with Gasteiger partial charge < -0.3 is 20.2 Å². The fraction of sp³-hybridized carbons (Fsp3) is 0.214. The van der Waals surface area contributed by atoms with E-state index in [1.807, 2.05) is 30.3 Å². The van der Waals surface area contributed by atoms with E-state index in [0.717, 1.165) is 17.0 Å². The summed E-state index contributed by atoms with van der Waals surface area (Å²) in [4.78, 5) is 10.6. The number of hydrogen-bond acceptors (Lipinski definition) is 4. The molecule has 100 valence electrons. The van der Waals surface area contributed by atoms with Crippen LogP contribution in [-0.2, 0) is 11.3 Å². The Morgan fingerprint density at radius 1 is 1.26 bits per heavy atom. The molecule has 0 unspecified atom stereocenters. The van der Waals surface area contributed by atoms with Crippen LogP contribution in [0.2, 0.25) is 0 Å². The van der Waals surface area contributed by atoms with Gasteiger partial charge in [0.25, 0.3) is 0 Å². The second-order valence-corrected chi connectivity index (χ2v) is 4.07. The first-order valence-corrected chi connectivity index (χ1v) is 6.00. The van der Waals surface area contributed by atoms with Gasteiger partial charge in [0.1, 0.15) is 5.75 Å². The number of anilines is 1. The minimum atomic E-state index is -0.363. The van der Waals surface area contributed by atoms with Crippen LogP contribution in [0, 0.1) is 0 Å². The van der Waals surface area contributed by atoms with E-state index in [0.29, 0.717) is 13.2 Å². The fourth-order valence-electron chi connectivity index (χ4n) is 1.54. The van der Waals surface area contributed by atoms with E-state index in [2.05, 4.69) is 5.32 Å². The Labute approximate surface area is 111 Å². The Balaban J connectivity index is 1.79. The van der Waals surface area contributed by atoms with Gasteiger partial charge in [-0.25, -0.2) is 0 Å². The first-order valence-electron chi connectivity index (χ1n) is 6.00. The Kier molecular flexibility index (Phi) is 4.44. The number of ether oxygens (including phenoxy) is 1. The highest BCUT2D eigenvalue weighted by Crippen LogP contribution is 2.16. The molecule has 0 saturated carbocycles. The van der Waals surface area contributed by atoms with Crippen molar-refractivity contribution in [1.29, 1.82) is 0 Å². The third-order valence-electron chi connectivity index (χ3n) is 2.55. The number of rotatable bonds is 7. The van der Waals surface area contributed by atoms with Crippen LogP contribution in [0.1, 0.15) is 12.0 Å². The van der Waals surface area contributed by atoms with E-state index in [1.54, 1.807) is 12.5 Å². The molecule has 0 aliphatic rings. The standard InChI is InChI=1S/C14H16N2O3/c15-14(17)6-8-19-13-3-1-12(2-4-13)16-9-11-5-7-18-10-11/h1-5,7,10,16H,6,8-9H2,(H2,15,17). The van der Waals surface area contributed by atoms with Gasteiger partial charge in [-0.3, -0.25) is 4.79 Å². The number of amides is 1. The number of hydrogen-bond donors (Lipinski definition) is 2. The zero-order valence-electron chi connectivity index (χ0n) is 10.5. The maximum absolute atomic E-state index is 10.6. The first kappa shape index (κ1) is 13.0. The Bertz CT molecular complexity index is 506. The van der Waals surface area contributed by atoms with Gasteiger partial charge in [-0.15, -0.1) is 0 Å². The van der Waals surface area contributed by atoms with Crippen molar-refractivity contribution < 1.29 is 13.9 Å². The minimum Gasteiger partial charge on any atom is -0.493 e. The summed E-state index contributed by atoms with van der Waals surface area (Å²) in [6.45, 7) is 1.01. The van der Waals surface area contributed by atoms with Crippen LogP contribution in [0.25, 0.3) is 0 Å². The Morgan fingerprint density at radius 3 is 2.68 bits per heavy atom. The van der Waals surface area contributed by atoms with Crippen LogP contribution in [0.4, 0.5) is 5.69 Å². The van der Waals surface area contributed by atoms with Crippen molar-refractivity contribution in [3.63, 3.8) is 0 Å². The summed E-state index contributed by atoms with van der Waals surface area (Å²) in [7, 11) is 0. The van der Waals surface area contributed by atoms with Crippen molar-refractivity contribution in [3.8, 4) is 5.75 Å². The molecule has 3 N–H and O–H groups in total. The molecule has 5 heteroatoms. The van der Waals surface area contributed by atoms with Crippen molar-refractivity contribution in [2.24, 2.45) is 5.73 Å². The molecule has 2 aromatic rings. The van der Waals surface area contributed by atoms with Crippen molar-refractivity contribution in [1.82, 2.24) is 0 Å². The summed E-state index contributed by atoms with van der Waals surface area (Å²) in [6.07, 6.45) is 3.57. The van der Waals surface area contributed by atoms with E-state index in [-0.39, 0.29) is 12.3 Å². The average molecular weight is 260 g/mol. The SMILES string of the molecule is NC(=O)CCOc1ccc(NCc2ccoc2)cc1. The summed E-state index contributed by atoms with van der Waals surface area (Å²) >= 11 is 0. The van der Waals surface area contributed by atoms with Gasteiger partial charge in [-0.2, -0.15) is 0 Å². The molecular weight excluding hydrogens is 244 g/mol. The van der Waals surface area contributed by atoms with E-state index in [9.17, 15) is 4.79 Å². The van der Waals surface area contributed by atoms with E-state index < -0.39 is 0 Å². The molecule has 5 nitrogen and oxygen atoms in total. The summed E-state index contributed by atoms with van der Waals surface area (Å²) < 4.78 is 10.4. The van der Waals surface area contributed by atoms with Gasteiger partial charge in [-0.05, 0) is 30.3 Å². The minimum absolute atomic E-state index is 0.223. The van der Waals surface area contributed by atoms with Gasteiger partial charge in [0, 0.05) is 17.8 Å². The molecule has 2 rings (SSSR count). The Hall–Kier alpha value is -2.43. The lowest BCUT2D eigenvalue weighted by Gasteiger charge is -2.07. The fourth-order valence-corrected chi connectivity index (χ4v) is 1.54. The topological polar surface area (TPSA) is 77.5 Å². The maximum atomic E-state index is 10.6. The molecule has 0 bridgehead atoms. The molecular formula is C14H16N2O3.